The number of urea groups is 1. The molecule has 1 heterocycles. The lowest BCUT2D eigenvalue weighted by atomic mass is 10.2. The maximum Gasteiger partial charge on any atom is 0.329 e. The van der Waals surface area contributed by atoms with Gasteiger partial charge in [-0.3, -0.25) is 9.59 Å². The Morgan fingerprint density at radius 2 is 1.84 bits per heavy atom. The van der Waals surface area contributed by atoms with Crippen molar-refractivity contribution in [3.8, 4) is 5.75 Å². The van der Waals surface area contributed by atoms with E-state index in [1.165, 1.54) is 13.2 Å². The van der Waals surface area contributed by atoms with Crippen molar-refractivity contribution in [2.45, 2.75) is 6.61 Å². The highest BCUT2D eigenvalue weighted by molar-refractivity contribution is 9.11. The van der Waals surface area contributed by atoms with Gasteiger partial charge in [-0.2, -0.15) is 0 Å². The van der Waals surface area contributed by atoms with E-state index in [2.05, 4.69) is 41.9 Å². The Bertz CT molecular complexity index is 1080. The van der Waals surface area contributed by atoms with Gasteiger partial charge in [0.2, 0.25) is 0 Å². The van der Waals surface area contributed by atoms with E-state index in [0.717, 1.165) is 10.5 Å². The van der Waals surface area contributed by atoms with Crippen molar-refractivity contribution in [1.82, 2.24) is 10.2 Å². The molecule has 3 rings (SSSR count). The summed E-state index contributed by atoms with van der Waals surface area (Å²) in [6, 6.07) is 7.89. The van der Waals surface area contributed by atoms with Crippen LogP contribution >= 0.6 is 55.1 Å². The molecule has 1 saturated heterocycles. The Kier molecular flexibility index (Phi) is 7.64. The Labute approximate surface area is 204 Å². The van der Waals surface area contributed by atoms with Gasteiger partial charge in [0.15, 0.2) is 0 Å². The molecule has 0 radical (unpaired) electrons. The number of nitrogens with one attached hydrogen (secondary N) is 1. The third-order valence-corrected chi connectivity index (χ3v) is 5.96. The summed E-state index contributed by atoms with van der Waals surface area (Å²) in [6.45, 7) is -0.253. The molecule has 0 unspecified atom stereocenters. The van der Waals surface area contributed by atoms with Crippen molar-refractivity contribution in [3.63, 3.8) is 0 Å². The third kappa shape index (κ3) is 5.60. The number of benzene rings is 2. The molecule has 31 heavy (non-hydrogen) atoms. The molecule has 2 aromatic carbocycles. The smallest absolute Gasteiger partial charge is 0.329 e. The molecular formula is C20H14Br2Cl2N2O5. The van der Waals surface area contributed by atoms with Crippen LogP contribution in [0.25, 0.3) is 6.08 Å². The second-order valence-corrected chi connectivity index (χ2v) is 8.85. The van der Waals surface area contributed by atoms with Gasteiger partial charge in [0.25, 0.3) is 5.91 Å². The van der Waals surface area contributed by atoms with Crippen molar-refractivity contribution in [3.05, 3.63) is 66.1 Å². The van der Waals surface area contributed by atoms with Gasteiger partial charge in [-0.1, -0.05) is 29.3 Å². The molecule has 0 bridgehead atoms. The van der Waals surface area contributed by atoms with Gasteiger partial charge >= 0.3 is 12.0 Å². The minimum absolute atomic E-state index is 0.0364. The summed E-state index contributed by atoms with van der Waals surface area (Å²) in [7, 11) is 1.18. The molecule has 11 heteroatoms. The van der Waals surface area contributed by atoms with E-state index in [-0.39, 0.29) is 12.3 Å². The quantitative estimate of drug-likeness (QED) is 0.284. The molecule has 162 valence electrons. The molecule has 1 N–H and O–H groups in total. The fourth-order valence-corrected chi connectivity index (χ4v) is 4.58. The number of hydrogen-bond acceptors (Lipinski definition) is 5. The van der Waals surface area contributed by atoms with Crippen LogP contribution in [0.3, 0.4) is 0 Å². The maximum absolute atomic E-state index is 12.4. The topological polar surface area (TPSA) is 84.9 Å². The van der Waals surface area contributed by atoms with Gasteiger partial charge in [0.05, 0.1) is 16.1 Å². The zero-order chi connectivity index (χ0) is 22.7. The summed E-state index contributed by atoms with van der Waals surface area (Å²) in [5.41, 5.74) is 1.41. The van der Waals surface area contributed by atoms with Crippen LogP contribution in [0.4, 0.5) is 4.79 Å². The summed E-state index contributed by atoms with van der Waals surface area (Å²) in [5, 5.41) is 3.47. The van der Waals surface area contributed by atoms with Crippen molar-refractivity contribution in [2.75, 3.05) is 13.7 Å². The molecule has 3 amide bonds. The van der Waals surface area contributed by atoms with Gasteiger partial charge in [0, 0.05) is 15.6 Å². The lowest BCUT2D eigenvalue weighted by molar-refractivity contribution is -0.143. The second-order valence-electron chi connectivity index (χ2n) is 6.29. The molecule has 0 aliphatic carbocycles. The van der Waals surface area contributed by atoms with Gasteiger partial charge in [-0.05, 0) is 67.8 Å². The van der Waals surface area contributed by atoms with E-state index in [1.807, 2.05) is 0 Å². The molecule has 1 fully saturated rings. The Balaban J connectivity index is 1.78. The van der Waals surface area contributed by atoms with Crippen LogP contribution in [-0.2, 0) is 20.9 Å². The molecule has 0 saturated carbocycles. The minimum atomic E-state index is -0.697. The van der Waals surface area contributed by atoms with E-state index in [1.54, 1.807) is 30.3 Å². The Hall–Kier alpha value is -2.07. The standard InChI is InChI=1S/C20H14Br2Cl2N2O5/c1-30-17(27)8-26-19(28)16(25-20(26)29)6-10-4-13(21)18(14(22)5-10)31-9-11-2-3-12(23)7-15(11)24/h2-7H,8-9H2,1H3,(H,25,29)/b16-6+. The second kappa shape index (κ2) is 10.0. The highest BCUT2D eigenvalue weighted by Gasteiger charge is 2.35. The number of imide groups is 1. The fraction of sp³-hybridized carbons (Fsp3) is 0.150. The molecule has 0 spiro atoms. The van der Waals surface area contributed by atoms with Crippen molar-refractivity contribution >= 4 is 79.0 Å². The molecule has 0 aromatic heterocycles. The number of nitrogens with zero attached hydrogens (tertiary/aromatic N) is 1. The molecule has 7 nitrogen and oxygen atoms in total. The normalized spacial score (nSPS) is 14.7. The van der Waals surface area contributed by atoms with E-state index in [9.17, 15) is 14.4 Å². The third-order valence-electron chi connectivity index (χ3n) is 4.20. The zero-order valence-electron chi connectivity index (χ0n) is 15.9. The molecular weight excluding hydrogens is 579 g/mol. The highest BCUT2D eigenvalue weighted by atomic mass is 79.9. The summed E-state index contributed by atoms with van der Waals surface area (Å²) >= 11 is 19.0. The van der Waals surface area contributed by atoms with E-state index < -0.39 is 24.5 Å². The van der Waals surface area contributed by atoms with Crippen LogP contribution in [0.2, 0.25) is 10.0 Å². The molecule has 0 atom stereocenters. The average molecular weight is 593 g/mol. The van der Waals surface area contributed by atoms with Crippen molar-refractivity contribution in [2.24, 2.45) is 0 Å². The SMILES string of the molecule is COC(=O)CN1C(=O)N/C(=C/c2cc(Br)c(OCc3ccc(Cl)cc3Cl)c(Br)c2)C1=O. The minimum Gasteiger partial charge on any atom is -0.486 e. The first-order valence-corrected chi connectivity index (χ1v) is 11.0. The highest BCUT2D eigenvalue weighted by Crippen LogP contribution is 2.36. The molecule has 2 aromatic rings. The van der Waals surface area contributed by atoms with Crippen LogP contribution in [0.5, 0.6) is 5.75 Å². The van der Waals surface area contributed by atoms with Crippen LogP contribution in [0, 0.1) is 0 Å². The van der Waals surface area contributed by atoms with Crippen LogP contribution in [-0.4, -0.2) is 36.5 Å². The Morgan fingerprint density at radius 1 is 1.16 bits per heavy atom. The van der Waals surface area contributed by atoms with Crippen molar-refractivity contribution < 1.29 is 23.9 Å². The molecule has 1 aliphatic heterocycles. The fourth-order valence-electron chi connectivity index (χ4n) is 2.66. The first-order valence-electron chi connectivity index (χ1n) is 8.66. The van der Waals surface area contributed by atoms with Gasteiger partial charge in [-0.25, -0.2) is 9.69 Å². The number of methoxy groups -OCH3 is 1. The number of carbonyl (C=O) groups is 3. The summed E-state index contributed by atoms with van der Waals surface area (Å²) in [6.07, 6.45) is 1.49. The number of esters is 1. The summed E-state index contributed by atoms with van der Waals surface area (Å²) in [5.74, 6) is -0.792. The van der Waals surface area contributed by atoms with E-state index >= 15 is 0 Å². The number of hydrogen-bond donors (Lipinski definition) is 1. The van der Waals surface area contributed by atoms with E-state index in [4.69, 9.17) is 27.9 Å². The Morgan fingerprint density at radius 3 is 2.45 bits per heavy atom. The number of halogens is 4. The maximum atomic E-state index is 12.4. The van der Waals surface area contributed by atoms with Crippen molar-refractivity contribution in [1.29, 1.82) is 0 Å². The lowest BCUT2D eigenvalue weighted by Crippen LogP contribution is -2.36. The number of carbonyl (C=O) groups excluding carboxylic acids is 3. The van der Waals surface area contributed by atoms with Crippen LogP contribution < -0.4 is 10.1 Å². The first-order chi connectivity index (χ1) is 14.7. The van der Waals surface area contributed by atoms with Crippen LogP contribution in [0.1, 0.15) is 11.1 Å². The van der Waals surface area contributed by atoms with Crippen LogP contribution in [0.15, 0.2) is 45.0 Å². The zero-order valence-corrected chi connectivity index (χ0v) is 20.6. The summed E-state index contributed by atoms with van der Waals surface area (Å²) < 4.78 is 11.6. The average Bonchev–Trinajstić information content (AvgIpc) is 2.96. The monoisotopic (exact) mass is 590 g/mol. The lowest BCUT2D eigenvalue weighted by Gasteiger charge is -2.12. The predicted molar refractivity (Wildman–Crippen MR) is 123 cm³/mol. The summed E-state index contributed by atoms with van der Waals surface area (Å²) in [4.78, 5) is 36.6. The molecule has 1 aliphatic rings. The van der Waals surface area contributed by atoms with E-state index in [0.29, 0.717) is 30.3 Å². The van der Waals surface area contributed by atoms with Gasteiger partial charge in [0.1, 0.15) is 24.6 Å². The number of amides is 3. The van der Waals surface area contributed by atoms with Gasteiger partial charge < -0.3 is 14.8 Å². The largest absolute Gasteiger partial charge is 0.486 e. The van der Waals surface area contributed by atoms with Gasteiger partial charge in [-0.15, -0.1) is 0 Å². The predicted octanol–water partition coefficient (Wildman–Crippen LogP) is 5.16. The number of ether oxygens (including phenoxy) is 2. The number of rotatable bonds is 6. The first kappa shape index (κ1) is 23.6.